The van der Waals surface area contributed by atoms with Gasteiger partial charge in [0.15, 0.2) is 0 Å². The van der Waals surface area contributed by atoms with Gasteiger partial charge < -0.3 is 0 Å². The summed E-state index contributed by atoms with van der Waals surface area (Å²) >= 11 is 1.28. The average molecular weight is 290 g/mol. The fourth-order valence-electron chi connectivity index (χ4n) is 0. The van der Waals surface area contributed by atoms with Gasteiger partial charge in [-0.15, -0.1) is 0 Å². The van der Waals surface area contributed by atoms with Crippen molar-refractivity contribution in [3.05, 3.63) is 0 Å². The Hall–Kier alpha value is 1.54. The van der Waals surface area contributed by atoms with E-state index in [9.17, 15) is 0 Å². The van der Waals surface area contributed by atoms with Crippen molar-refractivity contribution in [1.29, 1.82) is 0 Å². The van der Waals surface area contributed by atoms with Crippen molar-refractivity contribution in [2.45, 2.75) is 13.1 Å². The Morgan fingerprint density at radius 2 is 1.50 bits per heavy atom. The molecule has 2 heteroatoms. The van der Waals surface area contributed by atoms with Gasteiger partial charge in [-0.1, -0.05) is 0 Å². The van der Waals surface area contributed by atoms with Crippen LogP contribution in [0.4, 0.5) is 0 Å². The van der Waals surface area contributed by atoms with Gasteiger partial charge in [-0.25, -0.2) is 0 Å². The predicted octanol–water partition coefficient (Wildman–Crippen LogP) is 0.787. The molecule has 0 aromatic rings. The first kappa shape index (κ1) is 5.54. The zero-order valence-electron chi connectivity index (χ0n) is 3.00. The molecule has 0 unspecified atom stereocenters. The first-order chi connectivity index (χ1) is 1.73. The minimum atomic E-state index is 0.289. The summed E-state index contributed by atoms with van der Waals surface area (Å²) in [4.78, 5) is 0. The Bertz CT molecular complexity index is 29.0. The van der Waals surface area contributed by atoms with Crippen molar-refractivity contribution < 1.29 is 36.2 Å². The monoisotopic (exact) mass is 290 g/mol. The molecule has 20 valence electrons. The van der Waals surface area contributed by atoms with E-state index in [1.54, 1.807) is 0 Å². The van der Waals surface area contributed by atoms with Crippen LogP contribution >= 0.6 is 0 Å². The summed E-state index contributed by atoms with van der Waals surface area (Å²) in [6.45, 7) is 4.69. The molecule has 0 radical (unpaired) electrons. The van der Waals surface area contributed by atoms with Crippen molar-refractivity contribution in [2.75, 3.05) is 0 Å². The van der Waals surface area contributed by atoms with E-state index in [2.05, 4.69) is 13.1 Å². The van der Waals surface area contributed by atoms with Gasteiger partial charge in [0.2, 0.25) is 0 Å². The van der Waals surface area contributed by atoms with E-state index in [4.69, 9.17) is 0 Å². The molecule has 0 atom stereocenters. The van der Waals surface area contributed by atoms with Gasteiger partial charge in [-0.2, -0.15) is 0 Å². The Balaban J connectivity index is 2.80. The molecule has 0 aliphatic rings. The number of hydrogen-bond donors (Lipinski definition) is 0. The van der Waals surface area contributed by atoms with Crippen LogP contribution in [0.2, 0.25) is 13.1 Å². The molecule has 4 heavy (non-hydrogen) atoms. The molecule has 0 N–H and O–H groups in total. The summed E-state index contributed by atoms with van der Waals surface area (Å²) < 4.78 is 0.289. The van der Waals surface area contributed by atoms with Gasteiger partial charge in [0.05, 0.1) is 0 Å². The molecule has 0 fully saturated rings. The van der Waals surface area contributed by atoms with Crippen molar-refractivity contribution in [3.8, 4) is 0 Å². The molecule has 0 aromatic carbocycles. The predicted molar refractivity (Wildman–Crippen MR) is 17.5 cm³/mol. The molecule has 0 heterocycles. The zero-order chi connectivity index (χ0) is 3.58. The molecule has 0 bridgehead atoms. The van der Waals surface area contributed by atoms with Crippen molar-refractivity contribution in [1.82, 2.24) is 0 Å². The quantitative estimate of drug-likeness (QED) is 0.579. The van der Waals surface area contributed by atoms with Gasteiger partial charge in [-0.05, 0) is 0 Å². The Morgan fingerprint density at radius 1 is 1.50 bits per heavy atom. The SMILES string of the molecule is C[Si](C)=[Th+2]. The molecule has 0 aromatic heterocycles. The van der Waals surface area contributed by atoms with Gasteiger partial charge in [0, 0.05) is 0 Å². The maximum atomic E-state index is 2.34. The standard InChI is InChI=1S/C2H6Si.Th/c1-3-2;/h1-2H3;/q;+2. The summed E-state index contributed by atoms with van der Waals surface area (Å²) in [6.07, 6.45) is 0. The van der Waals surface area contributed by atoms with E-state index >= 15 is 0 Å². The third-order valence-electron chi connectivity index (χ3n) is 0. The molecule has 0 nitrogen and oxygen atoms in total. The molecule has 0 amide bonds. The molecule has 0 rings (SSSR count). The third-order valence-corrected chi connectivity index (χ3v) is 0. The average Bonchev–Trinajstić information content (AvgIpc) is 0.811. The van der Waals surface area contributed by atoms with Crippen molar-refractivity contribution in [2.24, 2.45) is 0 Å². The minimum absolute atomic E-state index is 0.289. The van der Waals surface area contributed by atoms with Gasteiger partial charge in [0.25, 0.3) is 0 Å². The van der Waals surface area contributed by atoms with E-state index in [1.807, 2.05) is 0 Å². The van der Waals surface area contributed by atoms with Crippen molar-refractivity contribution in [3.63, 3.8) is 0 Å². The van der Waals surface area contributed by atoms with Gasteiger partial charge in [0.1, 0.15) is 0 Å². The molecular weight excluding hydrogens is 284 g/mol. The van der Waals surface area contributed by atoms with Crippen LogP contribution in [0.3, 0.4) is 0 Å². The molecular formula is C2H6SiTh+2. The van der Waals surface area contributed by atoms with Crippen LogP contribution < -0.4 is 0 Å². The normalized spacial score (nSPS) is 7.00. The van der Waals surface area contributed by atoms with Gasteiger partial charge in [-0.3, -0.25) is 0 Å². The second-order valence-corrected chi connectivity index (χ2v) is 15.3. The fourth-order valence-corrected chi connectivity index (χ4v) is 0. The van der Waals surface area contributed by atoms with Crippen LogP contribution in [0.15, 0.2) is 0 Å². The first-order valence-corrected chi connectivity index (χ1v) is 9.91. The second-order valence-electron chi connectivity index (χ2n) is 1.00. The van der Waals surface area contributed by atoms with E-state index in [-0.39, 0.29) is 3.03 Å². The van der Waals surface area contributed by atoms with E-state index in [0.29, 0.717) is 0 Å². The summed E-state index contributed by atoms with van der Waals surface area (Å²) in [7, 11) is 0. The van der Waals surface area contributed by atoms with Crippen LogP contribution in [-0.2, 0) is 0 Å². The Labute approximate surface area is 51.6 Å². The molecule has 0 spiro atoms. The van der Waals surface area contributed by atoms with Crippen LogP contribution in [0.25, 0.3) is 0 Å². The summed E-state index contributed by atoms with van der Waals surface area (Å²) in [5.74, 6) is 0. The third kappa shape index (κ3) is 9.63. The molecule has 0 saturated carbocycles. The fraction of sp³-hybridized carbons (Fsp3) is 1.00. The Kier molecular flexibility index (Phi) is 3.83. The van der Waals surface area contributed by atoms with E-state index in [1.165, 1.54) is 36.2 Å². The van der Waals surface area contributed by atoms with Crippen LogP contribution in [0.1, 0.15) is 0 Å². The van der Waals surface area contributed by atoms with E-state index < -0.39 is 0 Å². The molecule has 0 aliphatic carbocycles. The van der Waals surface area contributed by atoms with Crippen LogP contribution in [0.5, 0.6) is 0 Å². The number of hydrogen-bond acceptors (Lipinski definition) is 0. The summed E-state index contributed by atoms with van der Waals surface area (Å²) in [6, 6.07) is 0. The second kappa shape index (κ2) is 2.76. The van der Waals surface area contributed by atoms with Crippen molar-refractivity contribution >= 4 is 3.03 Å². The number of rotatable bonds is 0. The Morgan fingerprint density at radius 3 is 1.50 bits per heavy atom. The maximum absolute atomic E-state index is 2.34. The molecule has 0 saturated heterocycles. The molecule has 0 aliphatic heterocycles. The first-order valence-electron chi connectivity index (χ1n) is 1.25. The van der Waals surface area contributed by atoms with E-state index in [0.717, 1.165) is 0 Å². The van der Waals surface area contributed by atoms with Gasteiger partial charge >= 0.3 is 52.3 Å². The topological polar surface area (TPSA) is 0 Å². The summed E-state index contributed by atoms with van der Waals surface area (Å²) in [5.41, 5.74) is 0. The summed E-state index contributed by atoms with van der Waals surface area (Å²) in [5, 5.41) is 0. The van der Waals surface area contributed by atoms with Crippen LogP contribution in [0, 0.1) is 36.2 Å². The zero-order valence-corrected chi connectivity index (χ0v) is 8.11. The van der Waals surface area contributed by atoms with Crippen LogP contribution in [-0.4, -0.2) is 3.03 Å².